The maximum Gasteiger partial charge on any atom is 0.225 e. The van der Waals surface area contributed by atoms with Gasteiger partial charge in [0.05, 0.1) is 0 Å². The van der Waals surface area contributed by atoms with E-state index in [0.29, 0.717) is 23.8 Å². The van der Waals surface area contributed by atoms with Crippen molar-refractivity contribution in [3.63, 3.8) is 0 Å². The predicted octanol–water partition coefficient (Wildman–Crippen LogP) is 2.12. The molecule has 0 aromatic carbocycles. The van der Waals surface area contributed by atoms with Crippen LogP contribution in [0.4, 0.5) is 0 Å². The lowest BCUT2D eigenvalue weighted by Crippen LogP contribution is -2.53. The lowest BCUT2D eigenvalue weighted by Gasteiger charge is -2.40. The first-order chi connectivity index (χ1) is 7.95. The zero-order chi connectivity index (χ0) is 13.0. The molecule has 1 rings (SSSR count). The van der Waals surface area contributed by atoms with E-state index in [1.54, 1.807) is 0 Å². The summed E-state index contributed by atoms with van der Waals surface area (Å²) in [6, 6.07) is 0.476. The van der Waals surface area contributed by atoms with Gasteiger partial charge in [-0.3, -0.25) is 4.79 Å². The third kappa shape index (κ3) is 3.98. The Kier molecular flexibility index (Phi) is 5.44. The van der Waals surface area contributed by atoms with E-state index in [4.69, 9.17) is 0 Å². The fraction of sp³-hybridized carbons (Fsp3) is 0.929. The van der Waals surface area contributed by atoms with Gasteiger partial charge in [-0.15, -0.1) is 0 Å². The molecule has 1 saturated heterocycles. The summed E-state index contributed by atoms with van der Waals surface area (Å²) in [7, 11) is 0. The van der Waals surface area contributed by atoms with Crippen molar-refractivity contribution in [3.8, 4) is 0 Å². The summed E-state index contributed by atoms with van der Waals surface area (Å²) in [5.74, 6) is 1.70. The van der Waals surface area contributed by atoms with Gasteiger partial charge in [-0.2, -0.15) is 0 Å². The number of nitrogens with zero attached hydrogens (tertiary/aromatic N) is 1. The molecule has 1 aliphatic heterocycles. The molecule has 1 aliphatic rings. The smallest absolute Gasteiger partial charge is 0.225 e. The van der Waals surface area contributed by atoms with Crippen molar-refractivity contribution in [1.29, 1.82) is 0 Å². The molecule has 0 aromatic heterocycles. The topological polar surface area (TPSA) is 32.3 Å². The molecule has 3 heteroatoms. The number of carbonyl (C=O) groups is 1. The largest absolute Gasteiger partial charge is 0.341 e. The van der Waals surface area contributed by atoms with Gasteiger partial charge in [0.25, 0.3) is 0 Å². The summed E-state index contributed by atoms with van der Waals surface area (Å²) < 4.78 is 0. The molecule has 0 aliphatic carbocycles. The number of hydrogen-bond acceptors (Lipinski definition) is 2. The highest BCUT2D eigenvalue weighted by Crippen LogP contribution is 2.24. The molecule has 1 amide bonds. The second kappa shape index (κ2) is 6.39. The molecule has 17 heavy (non-hydrogen) atoms. The number of hydrogen-bond donors (Lipinski definition) is 1. The third-order valence-electron chi connectivity index (χ3n) is 3.72. The van der Waals surface area contributed by atoms with Gasteiger partial charge in [0.1, 0.15) is 0 Å². The highest BCUT2D eigenvalue weighted by Gasteiger charge is 2.31. The van der Waals surface area contributed by atoms with Gasteiger partial charge in [0.15, 0.2) is 0 Å². The molecule has 3 nitrogen and oxygen atoms in total. The first-order valence-corrected chi connectivity index (χ1v) is 6.97. The maximum absolute atomic E-state index is 12.1. The second-order valence-electron chi connectivity index (χ2n) is 5.89. The normalized spacial score (nSPS) is 25.7. The van der Waals surface area contributed by atoms with E-state index in [1.165, 1.54) is 6.42 Å². The lowest BCUT2D eigenvalue weighted by atomic mass is 9.85. The molecular weight excluding hydrogens is 212 g/mol. The Hall–Kier alpha value is -0.570. The molecule has 2 atom stereocenters. The molecule has 0 aromatic rings. The van der Waals surface area contributed by atoms with Crippen molar-refractivity contribution < 1.29 is 4.79 Å². The van der Waals surface area contributed by atoms with Crippen LogP contribution in [0.25, 0.3) is 0 Å². The van der Waals surface area contributed by atoms with Gasteiger partial charge in [-0.25, -0.2) is 0 Å². The first-order valence-electron chi connectivity index (χ1n) is 6.97. The molecule has 1 fully saturated rings. The van der Waals surface area contributed by atoms with Gasteiger partial charge < -0.3 is 10.2 Å². The Morgan fingerprint density at radius 2 is 1.94 bits per heavy atom. The SMILES string of the molecule is CCNC1CC(C(C)C)CN(C(=O)C(C)C)C1. The van der Waals surface area contributed by atoms with Gasteiger partial charge in [0.2, 0.25) is 5.91 Å². The van der Waals surface area contributed by atoms with Crippen LogP contribution in [0.3, 0.4) is 0 Å². The van der Waals surface area contributed by atoms with E-state index in [1.807, 2.05) is 13.8 Å². The quantitative estimate of drug-likeness (QED) is 0.816. The van der Waals surface area contributed by atoms with Crippen LogP contribution in [0, 0.1) is 17.8 Å². The van der Waals surface area contributed by atoms with E-state index in [9.17, 15) is 4.79 Å². The number of piperidine rings is 1. The van der Waals surface area contributed by atoms with Gasteiger partial charge in [-0.1, -0.05) is 34.6 Å². The number of carbonyl (C=O) groups excluding carboxylic acids is 1. The maximum atomic E-state index is 12.1. The number of amides is 1. The Morgan fingerprint density at radius 3 is 2.41 bits per heavy atom. The van der Waals surface area contributed by atoms with Crippen molar-refractivity contribution in [1.82, 2.24) is 10.2 Å². The molecular formula is C14H28N2O. The summed E-state index contributed by atoms with van der Waals surface area (Å²) in [6.07, 6.45) is 1.20. The average Bonchev–Trinajstić information content (AvgIpc) is 2.27. The summed E-state index contributed by atoms with van der Waals surface area (Å²) >= 11 is 0. The first kappa shape index (κ1) is 14.5. The second-order valence-corrected chi connectivity index (χ2v) is 5.89. The summed E-state index contributed by atoms with van der Waals surface area (Å²) in [6.45, 7) is 13.4. The summed E-state index contributed by atoms with van der Waals surface area (Å²) in [5, 5.41) is 3.50. The van der Waals surface area contributed by atoms with Crippen LogP contribution in [0.1, 0.15) is 41.0 Å². The van der Waals surface area contributed by atoms with Crippen LogP contribution in [0.15, 0.2) is 0 Å². The van der Waals surface area contributed by atoms with E-state index in [2.05, 4.69) is 31.0 Å². The number of rotatable bonds is 4. The molecule has 100 valence electrons. The zero-order valence-electron chi connectivity index (χ0n) is 12.0. The molecule has 0 bridgehead atoms. The summed E-state index contributed by atoms with van der Waals surface area (Å²) in [5.41, 5.74) is 0. The molecule has 1 N–H and O–H groups in total. The average molecular weight is 240 g/mol. The van der Waals surface area contributed by atoms with Crippen molar-refractivity contribution in [2.24, 2.45) is 17.8 Å². The Labute approximate surface area is 106 Å². The van der Waals surface area contributed by atoms with Crippen molar-refractivity contribution in [2.45, 2.75) is 47.1 Å². The summed E-state index contributed by atoms with van der Waals surface area (Å²) in [4.78, 5) is 14.2. The van der Waals surface area contributed by atoms with Crippen molar-refractivity contribution in [2.75, 3.05) is 19.6 Å². The molecule has 0 spiro atoms. The van der Waals surface area contributed by atoms with Gasteiger partial charge in [0, 0.05) is 25.0 Å². The van der Waals surface area contributed by atoms with Crippen LogP contribution in [0.5, 0.6) is 0 Å². The molecule has 2 unspecified atom stereocenters. The lowest BCUT2D eigenvalue weighted by molar-refractivity contribution is -0.137. The van der Waals surface area contributed by atoms with Crippen LogP contribution in [0.2, 0.25) is 0 Å². The van der Waals surface area contributed by atoms with E-state index in [-0.39, 0.29) is 5.92 Å². The Balaban J connectivity index is 2.67. The standard InChI is InChI=1S/C14H28N2O/c1-6-15-13-7-12(10(2)3)8-16(9-13)14(17)11(4)5/h10-13,15H,6-9H2,1-5H3. The van der Waals surface area contributed by atoms with E-state index in [0.717, 1.165) is 19.6 Å². The minimum atomic E-state index is 0.114. The minimum absolute atomic E-state index is 0.114. The number of likely N-dealkylation sites (N-methyl/N-ethyl adjacent to an activating group) is 1. The monoisotopic (exact) mass is 240 g/mol. The van der Waals surface area contributed by atoms with Crippen molar-refractivity contribution in [3.05, 3.63) is 0 Å². The predicted molar refractivity (Wildman–Crippen MR) is 71.8 cm³/mol. The molecule has 1 heterocycles. The van der Waals surface area contributed by atoms with Crippen LogP contribution in [-0.4, -0.2) is 36.5 Å². The van der Waals surface area contributed by atoms with E-state index < -0.39 is 0 Å². The van der Waals surface area contributed by atoms with Crippen LogP contribution in [-0.2, 0) is 4.79 Å². The Bertz CT molecular complexity index is 251. The van der Waals surface area contributed by atoms with E-state index >= 15 is 0 Å². The fourth-order valence-corrected chi connectivity index (χ4v) is 2.60. The highest BCUT2D eigenvalue weighted by molar-refractivity contribution is 5.78. The molecule has 0 saturated carbocycles. The van der Waals surface area contributed by atoms with Crippen LogP contribution >= 0.6 is 0 Å². The number of nitrogens with one attached hydrogen (secondary N) is 1. The fourth-order valence-electron chi connectivity index (χ4n) is 2.60. The van der Waals surface area contributed by atoms with Crippen molar-refractivity contribution >= 4 is 5.91 Å². The zero-order valence-corrected chi connectivity index (χ0v) is 12.0. The molecule has 0 radical (unpaired) electrons. The number of likely N-dealkylation sites (tertiary alicyclic amines) is 1. The van der Waals surface area contributed by atoms with Crippen LogP contribution < -0.4 is 5.32 Å². The van der Waals surface area contributed by atoms with Gasteiger partial charge in [-0.05, 0) is 24.8 Å². The third-order valence-corrected chi connectivity index (χ3v) is 3.72. The minimum Gasteiger partial charge on any atom is -0.341 e. The Morgan fingerprint density at radius 1 is 1.29 bits per heavy atom. The van der Waals surface area contributed by atoms with Gasteiger partial charge >= 0.3 is 0 Å². The highest BCUT2D eigenvalue weighted by atomic mass is 16.2.